The van der Waals surface area contributed by atoms with Gasteiger partial charge in [-0.15, -0.1) is 16.4 Å². The first-order valence-corrected chi connectivity index (χ1v) is 9.74. The molecule has 6 nitrogen and oxygen atoms in total. The molecule has 4 aromatic rings. The molecule has 140 valence electrons. The number of hydrogen-bond acceptors (Lipinski definition) is 5. The van der Waals surface area contributed by atoms with Crippen molar-refractivity contribution in [3.05, 3.63) is 76.0 Å². The van der Waals surface area contributed by atoms with Gasteiger partial charge in [0.25, 0.3) is 5.56 Å². The third kappa shape index (κ3) is 3.42. The van der Waals surface area contributed by atoms with Gasteiger partial charge >= 0.3 is 0 Å². The Hall–Kier alpha value is -3.03. The zero-order valence-electron chi connectivity index (χ0n) is 14.8. The summed E-state index contributed by atoms with van der Waals surface area (Å²) >= 11 is 7.47. The molecular weight excluding hydrogens is 396 g/mol. The van der Waals surface area contributed by atoms with Gasteiger partial charge in [0.15, 0.2) is 4.83 Å². The van der Waals surface area contributed by atoms with E-state index in [0.717, 1.165) is 15.1 Å². The Balaban J connectivity index is 1.67. The monoisotopic (exact) mass is 410 g/mol. The molecule has 0 spiro atoms. The van der Waals surface area contributed by atoms with Crippen molar-refractivity contribution in [1.29, 1.82) is 0 Å². The smallest absolute Gasteiger partial charge is 0.279 e. The van der Waals surface area contributed by atoms with Crippen LogP contribution in [0.4, 0.5) is 5.69 Å². The molecule has 0 fully saturated rings. The number of carbonyl (C=O) groups is 1. The second-order valence-corrected chi connectivity index (χ2v) is 7.62. The second-order valence-electron chi connectivity index (χ2n) is 6.18. The molecule has 4 rings (SSSR count). The summed E-state index contributed by atoms with van der Waals surface area (Å²) in [5, 5.41) is 11.7. The van der Waals surface area contributed by atoms with Crippen molar-refractivity contribution in [3.8, 4) is 10.4 Å². The normalized spacial score (nSPS) is 12.1. The van der Waals surface area contributed by atoms with Crippen molar-refractivity contribution >= 4 is 44.7 Å². The molecule has 0 bridgehead atoms. The molecule has 0 saturated carbocycles. The van der Waals surface area contributed by atoms with E-state index in [1.165, 1.54) is 11.3 Å². The van der Waals surface area contributed by atoms with Crippen LogP contribution in [0, 0.1) is 0 Å². The Morgan fingerprint density at radius 3 is 2.61 bits per heavy atom. The summed E-state index contributed by atoms with van der Waals surface area (Å²) in [5.41, 5.74) is 1.12. The average molecular weight is 411 g/mol. The standard InChI is InChI=1S/C20H15ClN4O2S/c1-12(18(26)22-16-10-6-5-9-15(16)21)25-20(27)14-11-17(28-19(14)23-24-25)13-7-3-2-4-8-13/h2-12H,1H3,(H,22,26)/t12-/m1/s1. The quantitative estimate of drug-likeness (QED) is 0.541. The Kier molecular flexibility index (Phi) is 4.93. The number of carbonyl (C=O) groups excluding carboxylic acids is 1. The number of nitrogens with zero attached hydrogens (tertiary/aromatic N) is 3. The van der Waals surface area contributed by atoms with Gasteiger partial charge in [-0.05, 0) is 30.7 Å². The van der Waals surface area contributed by atoms with Crippen molar-refractivity contribution in [2.24, 2.45) is 0 Å². The van der Waals surface area contributed by atoms with Gasteiger partial charge in [-0.3, -0.25) is 9.59 Å². The minimum absolute atomic E-state index is 0.356. The first-order valence-electron chi connectivity index (χ1n) is 8.54. The number of aromatic nitrogens is 3. The number of anilines is 1. The van der Waals surface area contributed by atoms with Crippen LogP contribution in [0.3, 0.4) is 0 Å². The summed E-state index contributed by atoms with van der Waals surface area (Å²) in [4.78, 5) is 26.9. The predicted octanol–water partition coefficient (Wildman–Crippen LogP) is 4.37. The van der Waals surface area contributed by atoms with Gasteiger partial charge in [-0.1, -0.05) is 59.3 Å². The number of halogens is 1. The molecule has 8 heteroatoms. The van der Waals surface area contributed by atoms with Crippen LogP contribution < -0.4 is 10.9 Å². The highest BCUT2D eigenvalue weighted by Crippen LogP contribution is 2.30. The Labute approximate surface area is 169 Å². The van der Waals surface area contributed by atoms with Gasteiger partial charge in [0.2, 0.25) is 5.91 Å². The van der Waals surface area contributed by atoms with Crippen LogP contribution in [-0.4, -0.2) is 20.9 Å². The predicted molar refractivity (Wildman–Crippen MR) is 112 cm³/mol. The minimum atomic E-state index is -0.847. The fourth-order valence-corrected chi connectivity index (χ4v) is 3.93. The van der Waals surface area contributed by atoms with Gasteiger partial charge in [-0.2, -0.15) is 4.68 Å². The highest BCUT2D eigenvalue weighted by molar-refractivity contribution is 7.21. The maximum absolute atomic E-state index is 12.9. The first-order chi connectivity index (χ1) is 13.5. The summed E-state index contributed by atoms with van der Waals surface area (Å²) in [7, 11) is 0. The lowest BCUT2D eigenvalue weighted by Crippen LogP contribution is -2.33. The zero-order valence-corrected chi connectivity index (χ0v) is 16.4. The lowest BCUT2D eigenvalue weighted by atomic mass is 10.2. The van der Waals surface area contributed by atoms with Gasteiger partial charge in [0.05, 0.1) is 16.1 Å². The molecule has 1 N–H and O–H groups in total. The van der Waals surface area contributed by atoms with E-state index in [2.05, 4.69) is 15.6 Å². The van der Waals surface area contributed by atoms with Gasteiger partial charge in [0, 0.05) is 4.88 Å². The summed E-state index contributed by atoms with van der Waals surface area (Å²) < 4.78 is 1.09. The first kappa shape index (κ1) is 18.3. The van der Waals surface area contributed by atoms with Crippen LogP contribution in [0.15, 0.2) is 65.5 Å². The van der Waals surface area contributed by atoms with E-state index < -0.39 is 11.9 Å². The van der Waals surface area contributed by atoms with Crippen molar-refractivity contribution in [2.75, 3.05) is 5.32 Å². The molecule has 0 saturated heterocycles. The van der Waals surface area contributed by atoms with E-state index >= 15 is 0 Å². The van der Waals surface area contributed by atoms with E-state index in [4.69, 9.17) is 11.6 Å². The van der Waals surface area contributed by atoms with Gasteiger partial charge < -0.3 is 5.32 Å². The zero-order chi connectivity index (χ0) is 19.7. The van der Waals surface area contributed by atoms with Crippen LogP contribution >= 0.6 is 22.9 Å². The average Bonchev–Trinajstić information content (AvgIpc) is 3.15. The Morgan fingerprint density at radius 2 is 1.86 bits per heavy atom. The van der Waals surface area contributed by atoms with E-state index in [-0.39, 0.29) is 5.56 Å². The molecule has 0 aliphatic carbocycles. The molecule has 2 aromatic heterocycles. The lowest BCUT2D eigenvalue weighted by Gasteiger charge is -2.13. The summed E-state index contributed by atoms with van der Waals surface area (Å²) in [5.74, 6) is -0.401. The molecule has 0 unspecified atom stereocenters. The summed E-state index contributed by atoms with van der Waals surface area (Å²) in [6.07, 6.45) is 0. The second kappa shape index (κ2) is 7.53. The maximum Gasteiger partial charge on any atom is 0.279 e. The topological polar surface area (TPSA) is 76.9 Å². The number of hydrogen-bond donors (Lipinski definition) is 1. The third-order valence-electron chi connectivity index (χ3n) is 4.32. The number of benzene rings is 2. The number of fused-ring (bicyclic) bond motifs is 1. The number of amides is 1. The van der Waals surface area contributed by atoms with Crippen molar-refractivity contribution in [3.63, 3.8) is 0 Å². The summed E-state index contributed by atoms with van der Waals surface area (Å²) in [6.45, 7) is 1.60. The molecule has 0 aliphatic heterocycles. The SMILES string of the molecule is C[C@H](C(=O)Nc1ccccc1Cl)n1nnc2sc(-c3ccccc3)cc2c1=O. The molecule has 1 amide bonds. The molecule has 1 atom stereocenters. The molecular formula is C20H15ClN4O2S. The number of para-hydroxylation sites is 1. The Morgan fingerprint density at radius 1 is 1.14 bits per heavy atom. The van der Waals surface area contributed by atoms with E-state index in [0.29, 0.717) is 20.9 Å². The van der Waals surface area contributed by atoms with Crippen LogP contribution in [0.5, 0.6) is 0 Å². The van der Waals surface area contributed by atoms with E-state index in [9.17, 15) is 9.59 Å². The van der Waals surface area contributed by atoms with Gasteiger partial charge in [0.1, 0.15) is 6.04 Å². The van der Waals surface area contributed by atoms with Crippen molar-refractivity contribution in [2.45, 2.75) is 13.0 Å². The number of nitrogens with one attached hydrogen (secondary N) is 1. The molecule has 2 aromatic carbocycles. The number of thiophene rings is 1. The van der Waals surface area contributed by atoms with Crippen LogP contribution in [-0.2, 0) is 4.79 Å². The molecule has 28 heavy (non-hydrogen) atoms. The van der Waals surface area contributed by atoms with Crippen LogP contribution in [0.2, 0.25) is 5.02 Å². The molecule has 0 aliphatic rings. The largest absolute Gasteiger partial charge is 0.323 e. The minimum Gasteiger partial charge on any atom is -0.323 e. The van der Waals surface area contributed by atoms with E-state index in [1.807, 2.05) is 30.3 Å². The summed E-state index contributed by atoms with van der Waals surface area (Å²) in [6, 6.07) is 17.6. The highest BCUT2D eigenvalue weighted by Gasteiger charge is 2.21. The number of rotatable bonds is 4. The molecule has 0 radical (unpaired) electrons. The Bertz CT molecular complexity index is 1220. The van der Waals surface area contributed by atoms with Gasteiger partial charge in [-0.25, -0.2) is 0 Å². The van der Waals surface area contributed by atoms with Crippen molar-refractivity contribution < 1.29 is 4.79 Å². The van der Waals surface area contributed by atoms with Crippen molar-refractivity contribution in [1.82, 2.24) is 15.0 Å². The van der Waals surface area contributed by atoms with Crippen LogP contribution in [0.25, 0.3) is 20.7 Å². The fourth-order valence-electron chi connectivity index (χ4n) is 2.77. The molecule has 2 heterocycles. The van der Waals surface area contributed by atoms with Crippen LogP contribution in [0.1, 0.15) is 13.0 Å². The highest BCUT2D eigenvalue weighted by atomic mass is 35.5. The lowest BCUT2D eigenvalue weighted by molar-refractivity contribution is -0.119. The van der Waals surface area contributed by atoms with E-state index in [1.54, 1.807) is 37.3 Å². The third-order valence-corrected chi connectivity index (χ3v) is 5.72. The maximum atomic E-state index is 12.9. The fraction of sp³-hybridized carbons (Fsp3) is 0.100.